The van der Waals surface area contributed by atoms with Crippen molar-refractivity contribution >= 4 is 23.9 Å². The van der Waals surface area contributed by atoms with Gasteiger partial charge >= 0.3 is 12.1 Å². The summed E-state index contributed by atoms with van der Waals surface area (Å²) in [7, 11) is 0. The number of unbranched alkanes of at least 4 members (excludes halogenated alkanes) is 1. The standard InChI is InChI=1S/C25H26N2O6/c26-25(31)32-16(7-1-6-12-24(30)33-27-22(28)13-14-23(27)29)15-21-19-10-4-2-8-17(19)18-9-3-5-11-20(18)21/h2-5,8-11,16,21H,1,6-7,12-15H2,(H2,26,31). The Morgan fingerprint density at radius 2 is 1.52 bits per heavy atom. The molecule has 0 aromatic heterocycles. The number of amides is 3. The minimum absolute atomic E-state index is 0.0510. The van der Waals surface area contributed by atoms with Crippen LogP contribution in [-0.4, -0.2) is 35.0 Å². The van der Waals surface area contributed by atoms with Crippen molar-refractivity contribution < 1.29 is 28.8 Å². The van der Waals surface area contributed by atoms with Gasteiger partial charge in [0, 0.05) is 25.2 Å². The number of nitrogens with zero attached hydrogens (tertiary/aromatic N) is 1. The molecule has 2 aromatic rings. The zero-order valence-corrected chi connectivity index (χ0v) is 18.2. The van der Waals surface area contributed by atoms with Gasteiger partial charge in [-0.1, -0.05) is 48.5 Å². The second kappa shape index (κ2) is 9.85. The normalized spacial score (nSPS) is 15.8. The van der Waals surface area contributed by atoms with Crippen LogP contribution in [0.4, 0.5) is 4.79 Å². The minimum atomic E-state index is -0.829. The predicted molar refractivity (Wildman–Crippen MR) is 118 cm³/mol. The Labute approximate surface area is 191 Å². The monoisotopic (exact) mass is 450 g/mol. The highest BCUT2D eigenvalue weighted by Gasteiger charge is 2.33. The topological polar surface area (TPSA) is 116 Å². The number of hydrogen-bond acceptors (Lipinski definition) is 6. The Morgan fingerprint density at radius 1 is 0.939 bits per heavy atom. The van der Waals surface area contributed by atoms with Crippen LogP contribution < -0.4 is 5.73 Å². The molecule has 2 N–H and O–H groups in total. The highest BCUT2D eigenvalue weighted by Crippen LogP contribution is 2.47. The van der Waals surface area contributed by atoms with E-state index in [2.05, 4.69) is 24.3 Å². The number of primary amides is 1. The van der Waals surface area contributed by atoms with Crippen LogP contribution in [0.1, 0.15) is 62.0 Å². The van der Waals surface area contributed by atoms with Gasteiger partial charge in [0.15, 0.2) is 0 Å². The molecule has 1 aliphatic carbocycles. The third-order valence-electron chi connectivity index (χ3n) is 6.10. The second-order valence-corrected chi connectivity index (χ2v) is 8.31. The number of carbonyl (C=O) groups is 4. The van der Waals surface area contributed by atoms with Crippen molar-refractivity contribution in [2.45, 2.75) is 57.0 Å². The molecule has 2 aromatic carbocycles. The minimum Gasteiger partial charge on any atom is -0.446 e. The smallest absolute Gasteiger partial charge is 0.404 e. The first-order valence-corrected chi connectivity index (χ1v) is 11.1. The van der Waals surface area contributed by atoms with Gasteiger partial charge < -0.3 is 15.3 Å². The summed E-state index contributed by atoms with van der Waals surface area (Å²) < 4.78 is 5.41. The van der Waals surface area contributed by atoms with Crippen molar-refractivity contribution in [2.24, 2.45) is 5.73 Å². The molecule has 1 heterocycles. The molecule has 1 atom stereocenters. The van der Waals surface area contributed by atoms with E-state index in [1.165, 1.54) is 22.3 Å². The lowest BCUT2D eigenvalue weighted by atomic mass is 9.89. The van der Waals surface area contributed by atoms with Crippen LogP contribution in [0.5, 0.6) is 0 Å². The molecular weight excluding hydrogens is 424 g/mol. The number of hydrogen-bond donors (Lipinski definition) is 1. The largest absolute Gasteiger partial charge is 0.446 e. The van der Waals surface area contributed by atoms with Gasteiger partial charge in [-0.15, -0.1) is 5.06 Å². The molecule has 2 aliphatic rings. The van der Waals surface area contributed by atoms with Crippen LogP contribution in [0.25, 0.3) is 11.1 Å². The van der Waals surface area contributed by atoms with Gasteiger partial charge in [-0.25, -0.2) is 9.59 Å². The van der Waals surface area contributed by atoms with Gasteiger partial charge in [0.2, 0.25) is 0 Å². The summed E-state index contributed by atoms with van der Waals surface area (Å²) in [6.45, 7) is 0. The zero-order valence-electron chi connectivity index (χ0n) is 18.2. The Kier molecular flexibility index (Phi) is 6.72. The highest BCUT2D eigenvalue weighted by atomic mass is 16.7. The van der Waals surface area contributed by atoms with Crippen LogP contribution >= 0.6 is 0 Å². The molecule has 1 fully saturated rings. The van der Waals surface area contributed by atoms with Gasteiger partial charge in [0.05, 0.1) is 0 Å². The number of hydroxylamine groups is 2. The quantitative estimate of drug-likeness (QED) is 0.459. The third-order valence-corrected chi connectivity index (χ3v) is 6.10. The Balaban J connectivity index is 1.34. The van der Waals surface area contributed by atoms with Crippen LogP contribution in [0, 0.1) is 0 Å². The van der Waals surface area contributed by atoms with Crippen molar-refractivity contribution in [3.05, 3.63) is 59.7 Å². The molecule has 0 radical (unpaired) electrons. The van der Waals surface area contributed by atoms with Crippen LogP contribution in [0.2, 0.25) is 0 Å². The average Bonchev–Trinajstić information content (AvgIpc) is 3.28. The third kappa shape index (κ3) is 5.05. The first-order chi connectivity index (χ1) is 15.9. The van der Waals surface area contributed by atoms with Crippen LogP contribution in [-0.2, 0) is 24.0 Å². The maximum atomic E-state index is 12.0. The number of imide groups is 1. The fourth-order valence-corrected chi connectivity index (χ4v) is 4.61. The Bertz CT molecular complexity index is 1020. The second-order valence-electron chi connectivity index (χ2n) is 8.31. The van der Waals surface area contributed by atoms with E-state index in [-0.39, 0.29) is 25.2 Å². The van der Waals surface area contributed by atoms with E-state index in [1.54, 1.807) is 0 Å². The summed E-state index contributed by atoms with van der Waals surface area (Å²) >= 11 is 0. The van der Waals surface area contributed by atoms with E-state index in [9.17, 15) is 19.2 Å². The van der Waals surface area contributed by atoms with Gasteiger partial charge in [0.25, 0.3) is 11.8 Å². The van der Waals surface area contributed by atoms with Crippen molar-refractivity contribution in [1.29, 1.82) is 0 Å². The van der Waals surface area contributed by atoms with E-state index in [0.717, 1.165) is 0 Å². The summed E-state index contributed by atoms with van der Waals surface area (Å²) in [5.41, 5.74) is 10.1. The number of rotatable bonds is 9. The summed E-state index contributed by atoms with van der Waals surface area (Å²) in [5.74, 6) is -1.55. The SMILES string of the molecule is NC(=O)OC(CCCCC(=O)ON1C(=O)CCC1=O)CC1c2ccccc2-c2ccccc21. The van der Waals surface area contributed by atoms with E-state index >= 15 is 0 Å². The molecule has 8 nitrogen and oxygen atoms in total. The van der Waals surface area contributed by atoms with Crippen LogP contribution in [0.3, 0.4) is 0 Å². The van der Waals surface area contributed by atoms with E-state index < -0.39 is 30.0 Å². The summed E-state index contributed by atoms with van der Waals surface area (Å²) in [4.78, 5) is 51.5. The first-order valence-electron chi connectivity index (χ1n) is 11.1. The molecule has 0 bridgehead atoms. The lowest BCUT2D eigenvalue weighted by Gasteiger charge is -2.22. The fourth-order valence-electron chi connectivity index (χ4n) is 4.61. The zero-order chi connectivity index (χ0) is 23.4. The van der Waals surface area contributed by atoms with Gasteiger partial charge in [-0.2, -0.15) is 0 Å². The number of nitrogens with two attached hydrogens (primary N) is 1. The number of ether oxygens (including phenoxy) is 1. The first kappa shape index (κ1) is 22.5. The number of carbonyl (C=O) groups excluding carboxylic acids is 4. The maximum absolute atomic E-state index is 12.0. The Hall–Kier alpha value is -3.68. The maximum Gasteiger partial charge on any atom is 0.404 e. The number of benzene rings is 2. The fraction of sp³-hybridized carbons (Fsp3) is 0.360. The lowest BCUT2D eigenvalue weighted by molar-refractivity contribution is -0.197. The lowest BCUT2D eigenvalue weighted by Crippen LogP contribution is -2.32. The van der Waals surface area contributed by atoms with Crippen molar-refractivity contribution in [1.82, 2.24) is 5.06 Å². The molecule has 1 saturated heterocycles. The molecule has 4 rings (SSSR count). The Morgan fingerprint density at radius 3 is 2.09 bits per heavy atom. The van der Waals surface area contributed by atoms with Crippen molar-refractivity contribution in [3.63, 3.8) is 0 Å². The van der Waals surface area contributed by atoms with E-state index in [4.69, 9.17) is 15.3 Å². The van der Waals surface area contributed by atoms with Crippen LogP contribution in [0.15, 0.2) is 48.5 Å². The molecule has 8 heteroatoms. The van der Waals surface area contributed by atoms with Gasteiger partial charge in [0.1, 0.15) is 6.10 Å². The molecule has 1 aliphatic heterocycles. The average molecular weight is 450 g/mol. The summed E-state index contributed by atoms with van der Waals surface area (Å²) in [6, 6.07) is 16.4. The molecule has 172 valence electrons. The molecule has 0 spiro atoms. The van der Waals surface area contributed by atoms with E-state index in [1.807, 2.05) is 24.3 Å². The van der Waals surface area contributed by atoms with Crippen molar-refractivity contribution in [2.75, 3.05) is 0 Å². The molecular formula is C25H26N2O6. The highest BCUT2D eigenvalue weighted by molar-refractivity contribution is 6.01. The van der Waals surface area contributed by atoms with Gasteiger partial charge in [-0.3, -0.25) is 9.59 Å². The summed E-state index contributed by atoms with van der Waals surface area (Å²) in [5, 5.41) is 0.552. The number of fused-ring (bicyclic) bond motifs is 3. The molecule has 3 amide bonds. The predicted octanol–water partition coefficient (Wildman–Crippen LogP) is 3.82. The molecule has 0 saturated carbocycles. The molecule has 1 unspecified atom stereocenters. The van der Waals surface area contributed by atoms with E-state index in [0.29, 0.717) is 30.7 Å². The summed E-state index contributed by atoms with van der Waals surface area (Å²) in [6.07, 6.45) is 1.09. The molecule has 33 heavy (non-hydrogen) atoms. The van der Waals surface area contributed by atoms with Gasteiger partial charge in [-0.05, 0) is 47.9 Å². The van der Waals surface area contributed by atoms with Crippen molar-refractivity contribution in [3.8, 4) is 11.1 Å².